The Morgan fingerprint density at radius 2 is 2.33 bits per heavy atom. The molecule has 94 valence electrons. The highest BCUT2D eigenvalue weighted by Crippen LogP contribution is 2.25. The molecule has 0 amide bonds. The average molecular weight is 324 g/mol. The largest absolute Gasteiger partial charge is 0.293 e. The van der Waals surface area contributed by atoms with Crippen LogP contribution in [-0.2, 0) is 19.5 Å². The Balaban J connectivity index is 1.73. The Hall–Kier alpha value is -0.780. The first-order valence-corrected chi connectivity index (χ1v) is 7.59. The van der Waals surface area contributed by atoms with E-state index in [1.807, 2.05) is 24.5 Å². The highest BCUT2D eigenvalue weighted by Gasteiger charge is 2.18. The van der Waals surface area contributed by atoms with Crippen LogP contribution in [0.25, 0.3) is 0 Å². The van der Waals surface area contributed by atoms with E-state index in [4.69, 9.17) is 0 Å². The first kappa shape index (κ1) is 12.3. The van der Waals surface area contributed by atoms with Crippen molar-refractivity contribution in [1.29, 1.82) is 0 Å². The predicted octanol–water partition coefficient (Wildman–Crippen LogP) is 3.17. The van der Waals surface area contributed by atoms with Crippen molar-refractivity contribution < 1.29 is 0 Å². The quantitative estimate of drug-likeness (QED) is 0.850. The Labute approximate surface area is 119 Å². The lowest BCUT2D eigenvalue weighted by Gasteiger charge is -2.27. The summed E-state index contributed by atoms with van der Waals surface area (Å²) in [6.07, 6.45) is 3.01. The lowest BCUT2D eigenvalue weighted by atomic mass is 10.1. The van der Waals surface area contributed by atoms with E-state index in [1.54, 1.807) is 0 Å². The molecule has 0 bridgehead atoms. The molecule has 2 aromatic rings. The monoisotopic (exact) mass is 323 g/mol. The van der Waals surface area contributed by atoms with Gasteiger partial charge in [-0.2, -0.15) is 0 Å². The van der Waals surface area contributed by atoms with Gasteiger partial charge in [-0.3, -0.25) is 4.90 Å². The third kappa shape index (κ3) is 2.63. The number of halogens is 1. The van der Waals surface area contributed by atoms with Gasteiger partial charge in [0.15, 0.2) is 0 Å². The van der Waals surface area contributed by atoms with Crippen molar-refractivity contribution in [2.24, 2.45) is 0 Å². The maximum Gasteiger partial charge on any atom is 0.125 e. The van der Waals surface area contributed by atoms with Gasteiger partial charge >= 0.3 is 0 Å². The SMILES string of the molecule is Cc1ncc2c(n1)CCN(Cc1ccc(Br)s1)C2. The molecule has 2 aromatic heterocycles. The molecule has 3 heterocycles. The minimum atomic E-state index is 0.879. The molecule has 3 rings (SSSR count). The zero-order valence-electron chi connectivity index (χ0n) is 10.2. The Morgan fingerprint density at radius 3 is 3.11 bits per heavy atom. The van der Waals surface area contributed by atoms with Crippen LogP contribution in [0.15, 0.2) is 22.1 Å². The molecule has 0 spiro atoms. The van der Waals surface area contributed by atoms with Gasteiger partial charge in [-0.1, -0.05) is 0 Å². The summed E-state index contributed by atoms with van der Waals surface area (Å²) in [4.78, 5) is 12.7. The first-order valence-electron chi connectivity index (χ1n) is 5.98. The van der Waals surface area contributed by atoms with E-state index in [1.165, 1.54) is 19.9 Å². The number of rotatable bonds is 2. The standard InChI is InChI=1S/C13H14BrN3S/c1-9-15-6-10-7-17(5-4-12(10)16-9)8-11-2-3-13(14)18-11/h2-3,6H,4-5,7-8H2,1H3. The number of fused-ring (bicyclic) bond motifs is 1. The number of nitrogens with zero attached hydrogens (tertiary/aromatic N) is 3. The molecule has 1 aliphatic heterocycles. The van der Waals surface area contributed by atoms with Crippen LogP contribution in [0.5, 0.6) is 0 Å². The van der Waals surface area contributed by atoms with Gasteiger partial charge in [-0.05, 0) is 35.0 Å². The minimum absolute atomic E-state index is 0.879. The van der Waals surface area contributed by atoms with Gasteiger partial charge in [0.25, 0.3) is 0 Å². The number of aryl methyl sites for hydroxylation is 1. The van der Waals surface area contributed by atoms with Crippen molar-refractivity contribution in [2.45, 2.75) is 26.4 Å². The first-order chi connectivity index (χ1) is 8.70. The van der Waals surface area contributed by atoms with E-state index in [-0.39, 0.29) is 0 Å². The van der Waals surface area contributed by atoms with Gasteiger partial charge in [0.2, 0.25) is 0 Å². The molecular formula is C13H14BrN3S. The molecule has 0 saturated carbocycles. The van der Waals surface area contributed by atoms with Gasteiger partial charge in [0.1, 0.15) is 5.82 Å². The van der Waals surface area contributed by atoms with E-state index in [0.29, 0.717) is 0 Å². The molecule has 18 heavy (non-hydrogen) atoms. The lowest BCUT2D eigenvalue weighted by molar-refractivity contribution is 0.245. The van der Waals surface area contributed by atoms with Crippen molar-refractivity contribution in [3.05, 3.63) is 44.1 Å². The van der Waals surface area contributed by atoms with Crippen molar-refractivity contribution in [3.8, 4) is 0 Å². The van der Waals surface area contributed by atoms with Gasteiger partial charge < -0.3 is 0 Å². The third-order valence-electron chi connectivity index (χ3n) is 3.14. The molecule has 0 atom stereocenters. The summed E-state index contributed by atoms with van der Waals surface area (Å²) in [6, 6.07) is 4.31. The van der Waals surface area contributed by atoms with Crippen LogP contribution in [0.3, 0.4) is 0 Å². The smallest absolute Gasteiger partial charge is 0.125 e. The van der Waals surface area contributed by atoms with Crippen LogP contribution in [0.2, 0.25) is 0 Å². The van der Waals surface area contributed by atoms with Crippen LogP contribution < -0.4 is 0 Å². The number of hydrogen-bond donors (Lipinski definition) is 0. The highest BCUT2D eigenvalue weighted by atomic mass is 79.9. The Bertz CT molecular complexity index is 567. The topological polar surface area (TPSA) is 29.0 Å². The summed E-state index contributed by atoms with van der Waals surface area (Å²) in [7, 11) is 0. The third-order valence-corrected chi connectivity index (χ3v) is 4.75. The van der Waals surface area contributed by atoms with Crippen molar-refractivity contribution >= 4 is 27.3 Å². The number of aromatic nitrogens is 2. The number of thiophene rings is 1. The Morgan fingerprint density at radius 1 is 1.44 bits per heavy atom. The van der Waals surface area contributed by atoms with Crippen LogP contribution >= 0.6 is 27.3 Å². The maximum absolute atomic E-state index is 4.52. The summed E-state index contributed by atoms with van der Waals surface area (Å²) in [6.45, 7) is 5.02. The normalized spacial score (nSPS) is 15.7. The van der Waals surface area contributed by atoms with Crippen molar-refractivity contribution in [1.82, 2.24) is 14.9 Å². The fourth-order valence-electron chi connectivity index (χ4n) is 2.27. The summed E-state index contributed by atoms with van der Waals surface area (Å²) in [5.41, 5.74) is 2.51. The molecule has 0 fully saturated rings. The average Bonchev–Trinajstić information content (AvgIpc) is 2.75. The lowest BCUT2D eigenvalue weighted by Crippen LogP contribution is -2.30. The second-order valence-electron chi connectivity index (χ2n) is 4.56. The highest BCUT2D eigenvalue weighted by molar-refractivity contribution is 9.11. The Kier molecular flexibility index (Phi) is 3.46. The molecule has 0 N–H and O–H groups in total. The van der Waals surface area contributed by atoms with E-state index in [0.717, 1.165) is 31.9 Å². The summed E-state index contributed by atoms with van der Waals surface area (Å²) < 4.78 is 1.20. The molecule has 1 aliphatic rings. The predicted molar refractivity (Wildman–Crippen MR) is 76.6 cm³/mol. The van der Waals surface area contributed by atoms with E-state index < -0.39 is 0 Å². The van der Waals surface area contributed by atoms with E-state index in [9.17, 15) is 0 Å². The molecule has 0 radical (unpaired) electrons. The van der Waals surface area contributed by atoms with Crippen molar-refractivity contribution in [2.75, 3.05) is 6.54 Å². The maximum atomic E-state index is 4.52. The second kappa shape index (κ2) is 5.07. The summed E-state index contributed by atoms with van der Waals surface area (Å²) in [5, 5.41) is 0. The zero-order valence-corrected chi connectivity index (χ0v) is 12.6. The zero-order chi connectivity index (χ0) is 12.5. The fraction of sp³-hybridized carbons (Fsp3) is 0.385. The fourth-order valence-corrected chi connectivity index (χ4v) is 3.79. The molecule has 0 unspecified atom stereocenters. The molecule has 5 heteroatoms. The molecule has 3 nitrogen and oxygen atoms in total. The van der Waals surface area contributed by atoms with Gasteiger partial charge in [-0.25, -0.2) is 9.97 Å². The van der Waals surface area contributed by atoms with Gasteiger partial charge in [0.05, 0.1) is 3.79 Å². The van der Waals surface area contributed by atoms with Gasteiger partial charge in [-0.15, -0.1) is 11.3 Å². The van der Waals surface area contributed by atoms with Crippen molar-refractivity contribution in [3.63, 3.8) is 0 Å². The molecule has 0 aliphatic carbocycles. The van der Waals surface area contributed by atoms with Gasteiger partial charge in [0, 0.05) is 48.4 Å². The van der Waals surface area contributed by atoms with E-state index >= 15 is 0 Å². The van der Waals surface area contributed by atoms with Crippen LogP contribution in [0, 0.1) is 6.92 Å². The van der Waals surface area contributed by atoms with Crippen LogP contribution in [0.4, 0.5) is 0 Å². The van der Waals surface area contributed by atoms with E-state index in [2.05, 4.69) is 42.9 Å². The van der Waals surface area contributed by atoms with Crippen LogP contribution in [0.1, 0.15) is 22.0 Å². The number of hydrogen-bond acceptors (Lipinski definition) is 4. The molecule has 0 aromatic carbocycles. The minimum Gasteiger partial charge on any atom is -0.293 e. The van der Waals surface area contributed by atoms with Crippen LogP contribution in [-0.4, -0.2) is 21.4 Å². The summed E-state index contributed by atoms with van der Waals surface area (Å²) in [5.74, 6) is 0.879. The molecular weight excluding hydrogens is 310 g/mol. The molecule has 0 saturated heterocycles. The summed E-state index contributed by atoms with van der Waals surface area (Å²) >= 11 is 5.32. The second-order valence-corrected chi connectivity index (χ2v) is 7.10.